The number of hydrogen-bond acceptors (Lipinski definition) is 7. The minimum atomic E-state index is 0.410. The summed E-state index contributed by atoms with van der Waals surface area (Å²) in [5, 5.41) is 14.0. The average Bonchev–Trinajstić information content (AvgIpc) is 2.91. The SMILES string of the molecule is COCCNCc1nnc(NCc2cccnc2)o1. The monoisotopic (exact) mass is 263 g/mol. The number of hydrogen-bond donors (Lipinski definition) is 2. The summed E-state index contributed by atoms with van der Waals surface area (Å²) >= 11 is 0. The highest BCUT2D eigenvalue weighted by Gasteiger charge is 2.04. The van der Waals surface area contributed by atoms with Gasteiger partial charge in [-0.3, -0.25) is 4.98 Å². The van der Waals surface area contributed by atoms with Gasteiger partial charge in [0.2, 0.25) is 5.89 Å². The minimum Gasteiger partial charge on any atom is -0.407 e. The fourth-order valence-electron chi connectivity index (χ4n) is 1.45. The molecular weight excluding hydrogens is 246 g/mol. The summed E-state index contributed by atoms with van der Waals surface area (Å²) in [6.07, 6.45) is 3.52. The molecule has 0 spiro atoms. The average molecular weight is 263 g/mol. The Kier molecular flexibility index (Phi) is 5.27. The first-order valence-corrected chi connectivity index (χ1v) is 6.03. The lowest BCUT2D eigenvalue weighted by Gasteiger charge is -2.01. The van der Waals surface area contributed by atoms with Crippen LogP contribution in [0.3, 0.4) is 0 Å². The number of nitrogens with zero attached hydrogens (tertiary/aromatic N) is 3. The van der Waals surface area contributed by atoms with Crippen molar-refractivity contribution in [1.29, 1.82) is 0 Å². The van der Waals surface area contributed by atoms with Crippen molar-refractivity contribution in [2.45, 2.75) is 13.1 Å². The Balaban J connectivity index is 1.74. The fraction of sp³-hybridized carbons (Fsp3) is 0.417. The van der Waals surface area contributed by atoms with E-state index in [0.29, 0.717) is 31.6 Å². The van der Waals surface area contributed by atoms with E-state index in [2.05, 4.69) is 25.8 Å². The quantitative estimate of drug-likeness (QED) is 0.682. The van der Waals surface area contributed by atoms with Crippen molar-refractivity contribution >= 4 is 6.01 Å². The predicted octanol–water partition coefficient (Wildman–Crippen LogP) is 0.813. The number of pyridine rings is 1. The third-order valence-electron chi connectivity index (χ3n) is 2.39. The molecule has 0 bridgehead atoms. The van der Waals surface area contributed by atoms with E-state index in [1.165, 1.54) is 0 Å². The van der Waals surface area contributed by atoms with Crippen LogP contribution in [0.2, 0.25) is 0 Å². The second-order valence-corrected chi connectivity index (χ2v) is 3.89. The van der Waals surface area contributed by atoms with Crippen LogP contribution in [0.5, 0.6) is 0 Å². The Bertz CT molecular complexity index is 474. The predicted molar refractivity (Wildman–Crippen MR) is 69.4 cm³/mol. The van der Waals surface area contributed by atoms with Crippen molar-refractivity contribution in [3.05, 3.63) is 36.0 Å². The van der Waals surface area contributed by atoms with Crippen LogP contribution in [-0.4, -0.2) is 35.4 Å². The summed E-state index contributed by atoms with van der Waals surface area (Å²) in [6, 6.07) is 4.27. The molecule has 0 unspecified atom stereocenters. The third-order valence-corrected chi connectivity index (χ3v) is 2.39. The Hall–Kier alpha value is -1.99. The molecule has 0 aliphatic heterocycles. The molecule has 0 aliphatic carbocycles. The van der Waals surface area contributed by atoms with Gasteiger partial charge in [-0.05, 0) is 11.6 Å². The van der Waals surface area contributed by atoms with E-state index in [4.69, 9.17) is 9.15 Å². The highest BCUT2D eigenvalue weighted by atomic mass is 16.5. The first-order valence-electron chi connectivity index (χ1n) is 6.03. The molecule has 2 aromatic rings. The smallest absolute Gasteiger partial charge is 0.315 e. The highest BCUT2D eigenvalue weighted by Crippen LogP contribution is 2.07. The van der Waals surface area contributed by atoms with Crippen molar-refractivity contribution in [3.8, 4) is 0 Å². The number of anilines is 1. The van der Waals surface area contributed by atoms with Crippen LogP contribution in [-0.2, 0) is 17.8 Å². The summed E-state index contributed by atoms with van der Waals surface area (Å²) in [7, 11) is 1.66. The van der Waals surface area contributed by atoms with Crippen LogP contribution in [0.4, 0.5) is 6.01 Å². The molecule has 7 nitrogen and oxygen atoms in total. The summed E-state index contributed by atoms with van der Waals surface area (Å²) in [4.78, 5) is 4.03. The standard InChI is InChI=1S/C12H17N5O2/c1-18-6-5-14-9-11-16-17-12(19-11)15-8-10-3-2-4-13-7-10/h2-4,7,14H,5-6,8-9H2,1H3,(H,15,17). The van der Waals surface area contributed by atoms with E-state index in [0.717, 1.165) is 12.1 Å². The fourth-order valence-corrected chi connectivity index (χ4v) is 1.45. The van der Waals surface area contributed by atoms with Crippen molar-refractivity contribution in [1.82, 2.24) is 20.5 Å². The second kappa shape index (κ2) is 7.45. The van der Waals surface area contributed by atoms with Gasteiger partial charge in [-0.15, -0.1) is 5.10 Å². The van der Waals surface area contributed by atoms with Crippen LogP contribution in [0.15, 0.2) is 28.9 Å². The van der Waals surface area contributed by atoms with E-state index in [1.807, 2.05) is 12.1 Å². The van der Waals surface area contributed by atoms with Gasteiger partial charge in [-0.1, -0.05) is 11.2 Å². The third kappa shape index (κ3) is 4.65. The van der Waals surface area contributed by atoms with Crippen molar-refractivity contribution in [2.24, 2.45) is 0 Å². The summed E-state index contributed by atoms with van der Waals surface area (Å²) in [6.45, 7) is 2.54. The summed E-state index contributed by atoms with van der Waals surface area (Å²) in [5.41, 5.74) is 1.06. The molecule has 0 amide bonds. The Labute approximate surface area is 111 Å². The van der Waals surface area contributed by atoms with Gasteiger partial charge in [0.15, 0.2) is 0 Å². The maximum Gasteiger partial charge on any atom is 0.315 e. The lowest BCUT2D eigenvalue weighted by Crippen LogP contribution is -2.18. The van der Waals surface area contributed by atoms with Gasteiger partial charge in [-0.25, -0.2) is 0 Å². The van der Waals surface area contributed by atoms with E-state index >= 15 is 0 Å². The van der Waals surface area contributed by atoms with Crippen LogP contribution >= 0.6 is 0 Å². The zero-order valence-corrected chi connectivity index (χ0v) is 10.8. The van der Waals surface area contributed by atoms with Crippen molar-refractivity contribution in [2.75, 3.05) is 25.6 Å². The zero-order chi connectivity index (χ0) is 13.3. The van der Waals surface area contributed by atoms with Gasteiger partial charge in [0.1, 0.15) is 0 Å². The summed E-state index contributed by atoms with van der Waals surface area (Å²) in [5.74, 6) is 0.546. The van der Waals surface area contributed by atoms with E-state index < -0.39 is 0 Å². The number of rotatable bonds is 8. The van der Waals surface area contributed by atoms with Gasteiger partial charge < -0.3 is 19.8 Å². The largest absolute Gasteiger partial charge is 0.407 e. The lowest BCUT2D eigenvalue weighted by molar-refractivity contribution is 0.198. The van der Waals surface area contributed by atoms with Gasteiger partial charge in [0.05, 0.1) is 13.2 Å². The first-order chi connectivity index (χ1) is 9.38. The van der Waals surface area contributed by atoms with E-state index in [1.54, 1.807) is 19.5 Å². The molecule has 2 rings (SSSR count). The Morgan fingerprint density at radius 1 is 1.32 bits per heavy atom. The highest BCUT2D eigenvalue weighted by molar-refractivity contribution is 5.21. The molecule has 2 N–H and O–H groups in total. The molecule has 0 radical (unpaired) electrons. The maximum absolute atomic E-state index is 5.43. The molecule has 2 aromatic heterocycles. The second-order valence-electron chi connectivity index (χ2n) is 3.89. The van der Waals surface area contributed by atoms with Crippen LogP contribution in [0.1, 0.15) is 11.5 Å². The first kappa shape index (κ1) is 13.4. The molecule has 0 fully saturated rings. The molecule has 0 atom stereocenters. The lowest BCUT2D eigenvalue weighted by atomic mass is 10.3. The molecule has 0 aliphatic rings. The normalized spacial score (nSPS) is 10.6. The number of ether oxygens (including phenoxy) is 1. The number of aromatic nitrogens is 3. The summed E-state index contributed by atoms with van der Waals surface area (Å²) < 4.78 is 10.4. The molecule has 7 heteroatoms. The Morgan fingerprint density at radius 2 is 2.26 bits per heavy atom. The van der Waals surface area contributed by atoms with Crippen LogP contribution < -0.4 is 10.6 Å². The van der Waals surface area contributed by atoms with Gasteiger partial charge in [0.25, 0.3) is 0 Å². The molecule has 102 valence electrons. The van der Waals surface area contributed by atoms with Crippen molar-refractivity contribution in [3.63, 3.8) is 0 Å². The minimum absolute atomic E-state index is 0.410. The molecular formula is C12H17N5O2. The van der Waals surface area contributed by atoms with E-state index in [-0.39, 0.29) is 0 Å². The van der Waals surface area contributed by atoms with Crippen LogP contribution in [0, 0.1) is 0 Å². The number of nitrogens with one attached hydrogen (secondary N) is 2. The molecule has 2 heterocycles. The molecule has 0 saturated carbocycles. The molecule has 19 heavy (non-hydrogen) atoms. The van der Waals surface area contributed by atoms with Gasteiger partial charge >= 0.3 is 6.01 Å². The van der Waals surface area contributed by atoms with Crippen molar-refractivity contribution < 1.29 is 9.15 Å². The number of methoxy groups -OCH3 is 1. The maximum atomic E-state index is 5.43. The molecule has 0 saturated heterocycles. The Morgan fingerprint density at radius 3 is 3.05 bits per heavy atom. The molecule has 0 aromatic carbocycles. The van der Waals surface area contributed by atoms with Gasteiger partial charge in [0, 0.05) is 32.6 Å². The van der Waals surface area contributed by atoms with Gasteiger partial charge in [-0.2, -0.15) is 0 Å². The van der Waals surface area contributed by atoms with E-state index in [9.17, 15) is 0 Å². The topological polar surface area (TPSA) is 85.1 Å². The van der Waals surface area contributed by atoms with Crippen LogP contribution in [0.25, 0.3) is 0 Å². The zero-order valence-electron chi connectivity index (χ0n) is 10.8.